The number of pyridine rings is 1. The monoisotopic (exact) mass is 434 g/mol. The van der Waals surface area contributed by atoms with Crippen LogP contribution in [-0.2, 0) is 11.3 Å². The fourth-order valence-corrected chi connectivity index (χ4v) is 3.95. The van der Waals surface area contributed by atoms with Crippen molar-refractivity contribution < 1.29 is 14.5 Å². The molecule has 2 aromatic carbocycles. The van der Waals surface area contributed by atoms with Gasteiger partial charge in [-0.1, -0.05) is 18.2 Å². The minimum absolute atomic E-state index is 0.0841. The maximum atomic E-state index is 13.1. The number of nitrogens with one attached hydrogen (secondary N) is 1. The van der Waals surface area contributed by atoms with Crippen LogP contribution in [0.25, 0.3) is 10.9 Å². The first-order valence-electron chi connectivity index (χ1n) is 10.4. The number of non-ortho nitro benzene ring substituents is 1. The van der Waals surface area contributed by atoms with Gasteiger partial charge in [0.2, 0.25) is 5.91 Å². The number of piperidine rings is 1. The molecule has 1 saturated heterocycles. The van der Waals surface area contributed by atoms with E-state index in [1.54, 1.807) is 29.2 Å². The number of nitro groups is 1. The van der Waals surface area contributed by atoms with E-state index in [-0.39, 0.29) is 18.1 Å². The Bertz CT molecular complexity index is 1240. The Morgan fingerprint density at radius 3 is 2.38 bits per heavy atom. The lowest BCUT2D eigenvalue weighted by Crippen LogP contribution is -2.37. The Hall–Kier alpha value is -4.01. The van der Waals surface area contributed by atoms with Gasteiger partial charge in [-0.3, -0.25) is 29.1 Å². The summed E-state index contributed by atoms with van der Waals surface area (Å²) < 4.78 is 1.32. The zero-order chi connectivity index (χ0) is 22.7. The van der Waals surface area contributed by atoms with Crippen molar-refractivity contribution in [3.63, 3.8) is 0 Å². The van der Waals surface area contributed by atoms with Crippen LogP contribution in [0.15, 0.2) is 59.4 Å². The van der Waals surface area contributed by atoms with Crippen LogP contribution in [0.2, 0.25) is 0 Å². The van der Waals surface area contributed by atoms with Gasteiger partial charge in [0.1, 0.15) is 6.54 Å². The van der Waals surface area contributed by atoms with Gasteiger partial charge >= 0.3 is 0 Å². The Kier molecular flexibility index (Phi) is 5.98. The Morgan fingerprint density at radius 1 is 1.00 bits per heavy atom. The molecule has 1 aromatic heterocycles. The number of amides is 2. The van der Waals surface area contributed by atoms with E-state index in [1.807, 2.05) is 0 Å². The van der Waals surface area contributed by atoms with E-state index in [1.165, 1.54) is 34.9 Å². The normalized spacial score (nSPS) is 13.7. The van der Waals surface area contributed by atoms with Gasteiger partial charge in [0.15, 0.2) is 0 Å². The molecule has 3 aromatic rings. The number of carbonyl (C=O) groups is 2. The van der Waals surface area contributed by atoms with Crippen molar-refractivity contribution in [3.05, 3.63) is 80.6 Å². The first kappa shape index (κ1) is 21.2. The lowest BCUT2D eigenvalue weighted by molar-refractivity contribution is -0.384. The summed E-state index contributed by atoms with van der Waals surface area (Å²) >= 11 is 0. The minimum Gasteiger partial charge on any atom is -0.339 e. The summed E-state index contributed by atoms with van der Waals surface area (Å²) in [5.41, 5.74) is 0.704. The Morgan fingerprint density at radius 2 is 1.69 bits per heavy atom. The first-order valence-corrected chi connectivity index (χ1v) is 10.4. The molecule has 0 atom stereocenters. The predicted octanol–water partition coefficient (Wildman–Crippen LogP) is 3.17. The number of para-hydroxylation sites is 1. The van der Waals surface area contributed by atoms with Crippen LogP contribution in [0.3, 0.4) is 0 Å². The van der Waals surface area contributed by atoms with Crippen LogP contribution < -0.4 is 10.9 Å². The predicted molar refractivity (Wildman–Crippen MR) is 120 cm³/mol. The smallest absolute Gasteiger partial charge is 0.269 e. The van der Waals surface area contributed by atoms with Crippen LogP contribution in [0, 0.1) is 10.1 Å². The number of likely N-dealkylation sites (tertiary alicyclic amines) is 1. The lowest BCUT2D eigenvalue weighted by atomic mass is 10.0. The molecule has 0 bridgehead atoms. The summed E-state index contributed by atoms with van der Waals surface area (Å²) in [6, 6.07) is 13.8. The average Bonchev–Trinajstić information content (AvgIpc) is 2.81. The van der Waals surface area contributed by atoms with E-state index in [4.69, 9.17) is 0 Å². The second kappa shape index (κ2) is 9.01. The van der Waals surface area contributed by atoms with Crippen LogP contribution in [-0.4, -0.2) is 39.3 Å². The lowest BCUT2D eigenvalue weighted by Gasteiger charge is -2.27. The summed E-state index contributed by atoms with van der Waals surface area (Å²) in [6.07, 6.45) is 2.99. The molecular formula is C23H22N4O5. The van der Waals surface area contributed by atoms with Crippen LogP contribution in [0.1, 0.15) is 29.6 Å². The first-order chi connectivity index (χ1) is 15.4. The van der Waals surface area contributed by atoms with E-state index in [0.29, 0.717) is 35.2 Å². The molecule has 0 unspecified atom stereocenters. The number of rotatable bonds is 5. The van der Waals surface area contributed by atoms with E-state index < -0.39 is 16.4 Å². The van der Waals surface area contributed by atoms with Gasteiger partial charge in [-0.25, -0.2) is 0 Å². The van der Waals surface area contributed by atoms with E-state index in [9.17, 15) is 24.5 Å². The summed E-state index contributed by atoms with van der Waals surface area (Å²) in [5.74, 6) is -0.623. The molecule has 1 fully saturated rings. The van der Waals surface area contributed by atoms with Crippen LogP contribution >= 0.6 is 0 Å². The van der Waals surface area contributed by atoms with Gasteiger partial charge in [-0.15, -0.1) is 0 Å². The molecule has 32 heavy (non-hydrogen) atoms. The number of fused-ring (bicyclic) bond motifs is 1. The third-order valence-corrected chi connectivity index (χ3v) is 5.56. The van der Waals surface area contributed by atoms with Gasteiger partial charge in [0.05, 0.1) is 16.0 Å². The van der Waals surface area contributed by atoms with Crippen molar-refractivity contribution in [3.8, 4) is 0 Å². The molecule has 1 aliphatic rings. The van der Waals surface area contributed by atoms with Crippen molar-refractivity contribution in [2.75, 3.05) is 18.4 Å². The molecule has 9 nitrogen and oxygen atoms in total. The zero-order valence-corrected chi connectivity index (χ0v) is 17.3. The minimum atomic E-state index is -0.524. The largest absolute Gasteiger partial charge is 0.339 e. The second-order valence-corrected chi connectivity index (χ2v) is 7.70. The number of anilines is 1. The van der Waals surface area contributed by atoms with Gasteiger partial charge in [0, 0.05) is 42.4 Å². The van der Waals surface area contributed by atoms with Crippen LogP contribution in [0.5, 0.6) is 0 Å². The van der Waals surface area contributed by atoms with Crippen molar-refractivity contribution in [1.29, 1.82) is 0 Å². The molecule has 0 spiro atoms. The standard InChI is InChI=1S/C23H22N4O5/c28-21(24-16-8-10-17(11-9-16)27(31)32)15-26-20-7-3-2-6-18(20)19(14-22(26)29)23(30)25-12-4-1-5-13-25/h2-3,6-11,14H,1,4-5,12-13,15H2,(H,24,28). The molecule has 9 heteroatoms. The number of nitrogens with zero attached hydrogens (tertiary/aromatic N) is 3. The molecule has 0 radical (unpaired) electrons. The van der Waals surface area contributed by atoms with Crippen molar-refractivity contribution in [2.45, 2.75) is 25.8 Å². The highest BCUT2D eigenvalue weighted by atomic mass is 16.6. The van der Waals surface area contributed by atoms with E-state index >= 15 is 0 Å². The number of aromatic nitrogens is 1. The molecule has 2 heterocycles. The van der Waals surface area contributed by atoms with Crippen LogP contribution in [0.4, 0.5) is 11.4 Å². The van der Waals surface area contributed by atoms with Gasteiger partial charge in [-0.05, 0) is 37.5 Å². The maximum Gasteiger partial charge on any atom is 0.269 e. The molecule has 1 N–H and O–H groups in total. The molecular weight excluding hydrogens is 412 g/mol. The van der Waals surface area contributed by atoms with Gasteiger partial charge in [-0.2, -0.15) is 0 Å². The van der Waals surface area contributed by atoms with Gasteiger partial charge in [0.25, 0.3) is 17.2 Å². The quantitative estimate of drug-likeness (QED) is 0.489. The van der Waals surface area contributed by atoms with E-state index in [2.05, 4.69) is 5.32 Å². The number of carbonyl (C=O) groups excluding carboxylic acids is 2. The van der Waals surface area contributed by atoms with Gasteiger partial charge < -0.3 is 10.2 Å². The highest BCUT2D eigenvalue weighted by Gasteiger charge is 2.22. The molecule has 164 valence electrons. The molecule has 2 amide bonds. The molecule has 4 rings (SSSR count). The van der Waals surface area contributed by atoms with Crippen molar-refractivity contribution in [1.82, 2.24) is 9.47 Å². The summed E-state index contributed by atoms with van der Waals surface area (Å²) in [6.45, 7) is 1.09. The molecule has 0 saturated carbocycles. The van der Waals surface area contributed by atoms with Crippen molar-refractivity contribution in [2.24, 2.45) is 0 Å². The fraction of sp³-hybridized carbons (Fsp3) is 0.261. The second-order valence-electron chi connectivity index (χ2n) is 7.70. The maximum absolute atomic E-state index is 13.1. The third-order valence-electron chi connectivity index (χ3n) is 5.56. The zero-order valence-electron chi connectivity index (χ0n) is 17.3. The summed E-state index contributed by atoms with van der Waals surface area (Å²) in [4.78, 5) is 50.6. The summed E-state index contributed by atoms with van der Waals surface area (Å²) in [5, 5.41) is 14.0. The molecule has 0 aliphatic carbocycles. The Labute approximate surface area is 183 Å². The summed E-state index contributed by atoms with van der Waals surface area (Å²) in [7, 11) is 0. The van der Waals surface area contributed by atoms with E-state index in [0.717, 1.165) is 19.3 Å². The number of benzene rings is 2. The van der Waals surface area contributed by atoms with Crippen molar-refractivity contribution >= 4 is 34.1 Å². The topological polar surface area (TPSA) is 115 Å². The SMILES string of the molecule is O=C(Cn1c(=O)cc(C(=O)N2CCCCC2)c2ccccc21)Nc1ccc([N+](=O)[O-])cc1. The Balaban J connectivity index is 1.61. The average molecular weight is 434 g/mol. The molecule has 1 aliphatic heterocycles. The third kappa shape index (κ3) is 4.36. The fourth-order valence-electron chi connectivity index (χ4n) is 3.95. The number of hydrogen-bond donors (Lipinski definition) is 1. The highest BCUT2D eigenvalue weighted by molar-refractivity contribution is 6.06. The highest BCUT2D eigenvalue weighted by Crippen LogP contribution is 2.21. The number of hydrogen-bond acceptors (Lipinski definition) is 5. The number of nitro benzene ring substituents is 1.